The Kier molecular flexibility index (Phi) is 59.9. The summed E-state index contributed by atoms with van der Waals surface area (Å²) in [4.78, 5) is 38.2. The maximum Gasteiger partial charge on any atom is 0.306 e. The van der Waals surface area contributed by atoms with Gasteiger partial charge in [0.05, 0.1) is 0 Å². The quantitative estimate of drug-likeness (QED) is 0.0261. The number of hydrogen-bond donors (Lipinski definition) is 0. The summed E-state index contributed by atoms with van der Waals surface area (Å²) < 4.78 is 16.8. The van der Waals surface area contributed by atoms with Gasteiger partial charge in [-0.3, -0.25) is 14.4 Å². The third-order valence-corrected chi connectivity index (χ3v) is 13.2. The molecule has 0 aromatic heterocycles. The number of ether oxygens (including phenoxy) is 3. The van der Waals surface area contributed by atoms with Crippen molar-refractivity contribution in [1.82, 2.24) is 0 Å². The summed E-state index contributed by atoms with van der Waals surface area (Å²) in [6, 6.07) is 0. The van der Waals surface area contributed by atoms with E-state index in [1.807, 2.05) is 12.2 Å². The molecule has 0 aliphatic rings. The molecule has 0 saturated heterocycles. The van der Waals surface area contributed by atoms with E-state index in [0.717, 1.165) is 96.3 Å². The molecule has 6 heteroatoms. The lowest BCUT2D eigenvalue weighted by Gasteiger charge is -2.18. The molecule has 0 aromatic rings. The fourth-order valence-electron chi connectivity index (χ4n) is 8.58. The molecule has 0 fully saturated rings. The largest absolute Gasteiger partial charge is 0.462 e. The Morgan fingerprint density at radius 1 is 0.276 bits per heavy atom. The highest BCUT2D eigenvalue weighted by atomic mass is 16.6. The zero-order valence-corrected chi connectivity index (χ0v) is 49.5. The number of unbranched alkanes of at least 4 members (excludes halogenated alkanes) is 25. The summed E-state index contributed by atoms with van der Waals surface area (Å²) in [7, 11) is 0. The first-order valence-corrected chi connectivity index (χ1v) is 31.5. The van der Waals surface area contributed by atoms with Crippen LogP contribution in [0.5, 0.6) is 0 Å². The minimum atomic E-state index is -0.839. The number of allylic oxidation sites excluding steroid dienone is 20. The third kappa shape index (κ3) is 60.7. The first-order chi connectivity index (χ1) is 37.5. The molecule has 0 heterocycles. The summed E-state index contributed by atoms with van der Waals surface area (Å²) in [5.41, 5.74) is 0. The second-order valence-corrected chi connectivity index (χ2v) is 20.6. The molecule has 0 saturated carbocycles. The number of rotatable bonds is 56. The Hall–Kier alpha value is -4.19. The molecule has 0 rings (SSSR count). The fourth-order valence-corrected chi connectivity index (χ4v) is 8.58. The van der Waals surface area contributed by atoms with Gasteiger partial charge in [-0.25, -0.2) is 0 Å². The Balaban J connectivity index is 4.45. The summed E-state index contributed by atoms with van der Waals surface area (Å²) in [5.74, 6) is -1.05. The van der Waals surface area contributed by atoms with Crippen molar-refractivity contribution in [2.24, 2.45) is 0 Å². The maximum absolute atomic E-state index is 12.9. The lowest BCUT2D eigenvalue weighted by Crippen LogP contribution is -2.30. The molecular formula is C70H116O6. The molecule has 76 heavy (non-hydrogen) atoms. The van der Waals surface area contributed by atoms with Crippen molar-refractivity contribution in [3.8, 4) is 0 Å². The highest BCUT2D eigenvalue weighted by Crippen LogP contribution is 2.17. The molecular weight excluding hydrogens is 937 g/mol. The summed E-state index contributed by atoms with van der Waals surface area (Å²) in [6.07, 6.45) is 88.0. The standard InChI is InChI=1S/C70H116O6/c1-4-7-10-13-16-19-22-25-28-30-32-33-34-35-36-38-39-42-45-48-51-54-57-60-63-69(72)75-66-67(65-74-68(71)62-59-56-53-50-47-44-41-27-24-21-18-15-12-9-6-3)76-70(73)64-61-58-55-52-49-46-43-40-37-31-29-26-23-20-17-14-11-8-5-2/h8-9,11-12,17-18,20-21,26-27,29,37,40-41,46-47,49-50,55,58,67H,4-7,10,13-16,19,22-25,28,30-36,38-39,42-45,48,51-54,56-57,59-66H2,1-3H3/b11-8-,12-9-,20-17-,21-18-,29-26-,40-37-,41-27-,49-46-,50-47-,58-55-. The van der Waals surface area contributed by atoms with E-state index in [0.29, 0.717) is 19.3 Å². The van der Waals surface area contributed by atoms with Crippen molar-refractivity contribution in [3.05, 3.63) is 122 Å². The van der Waals surface area contributed by atoms with Crippen LogP contribution in [0.1, 0.15) is 284 Å². The van der Waals surface area contributed by atoms with Gasteiger partial charge in [0, 0.05) is 19.3 Å². The Morgan fingerprint density at radius 2 is 0.539 bits per heavy atom. The molecule has 0 spiro atoms. The zero-order chi connectivity index (χ0) is 55.0. The smallest absolute Gasteiger partial charge is 0.306 e. The highest BCUT2D eigenvalue weighted by Gasteiger charge is 2.19. The maximum atomic E-state index is 12.9. The summed E-state index contributed by atoms with van der Waals surface area (Å²) in [6.45, 7) is 6.33. The highest BCUT2D eigenvalue weighted by molar-refractivity contribution is 5.71. The predicted octanol–water partition coefficient (Wildman–Crippen LogP) is 21.6. The van der Waals surface area contributed by atoms with Crippen LogP contribution in [0, 0.1) is 0 Å². The van der Waals surface area contributed by atoms with E-state index in [1.54, 1.807) is 0 Å². The van der Waals surface area contributed by atoms with Gasteiger partial charge >= 0.3 is 17.9 Å². The Bertz CT molecular complexity index is 1590. The minimum Gasteiger partial charge on any atom is -0.462 e. The molecule has 1 atom stereocenters. The number of carbonyl (C=O) groups is 3. The molecule has 0 amide bonds. The third-order valence-electron chi connectivity index (χ3n) is 13.2. The average molecular weight is 1050 g/mol. The molecule has 0 radical (unpaired) electrons. The zero-order valence-electron chi connectivity index (χ0n) is 49.5. The normalized spacial score (nSPS) is 12.9. The number of carbonyl (C=O) groups excluding carboxylic acids is 3. The van der Waals surface area contributed by atoms with Crippen molar-refractivity contribution in [2.45, 2.75) is 290 Å². The van der Waals surface area contributed by atoms with Gasteiger partial charge in [0.2, 0.25) is 0 Å². The van der Waals surface area contributed by atoms with Crippen molar-refractivity contribution in [1.29, 1.82) is 0 Å². The lowest BCUT2D eigenvalue weighted by atomic mass is 10.0. The first kappa shape index (κ1) is 71.8. The lowest BCUT2D eigenvalue weighted by molar-refractivity contribution is -0.166. The van der Waals surface area contributed by atoms with Crippen LogP contribution in [-0.2, 0) is 28.6 Å². The summed E-state index contributed by atoms with van der Waals surface area (Å²) in [5, 5.41) is 0. The number of esters is 3. The predicted molar refractivity (Wildman–Crippen MR) is 330 cm³/mol. The van der Waals surface area contributed by atoms with E-state index < -0.39 is 12.1 Å². The monoisotopic (exact) mass is 1050 g/mol. The van der Waals surface area contributed by atoms with E-state index in [9.17, 15) is 14.4 Å². The van der Waals surface area contributed by atoms with E-state index in [-0.39, 0.29) is 38.0 Å². The number of hydrogen-bond acceptors (Lipinski definition) is 6. The van der Waals surface area contributed by atoms with Crippen LogP contribution in [0.25, 0.3) is 0 Å². The molecule has 6 nitrogen and oxygen atoms in total. The van der Waals surface area contributed by atoms with Gasteiger partial charge in [-0.2, -0.15) is 0 Å². The van der Waals surface area contributed by atoms with E-state index >= 15 is 0 Å². The van der Waals surface area contributed by atoms with Crippen molar-refractivity contribution in [2.75, 3.05) is 13.2 Å². The van der Waals surface area contributed by atoms with Crippen LogP contribution in [0.15, 0.2) is 122 Å². The van der Waals surface area contributed by atoms with Crippen molar-refractivity contribution >= 4 is 17.9 Å². The van der Waals surface area contributed by atoms with Crippen LogP contribution in [0.4, 0.5) is 0 Å². The molecule has 0 aliphatic carbocycles. The van der Waals surface area contributed by atoms with Gasteiger partial charge in [0.25, 0.3) is 0 Å². The summed E-state index contributed by atoms with van der Waals surface area (Å²) >= 11 is 0. The van der Waals surface area contributed by atoms with Gasteiger partial charge in [-0.15, -0.1) is 0 Å². The second kappa shape index (κ2) is 63.3. The van der Waals surface area contributed by atoms with Crippen LogP contribution in [0.2, 0.25) is 0 Å². The van der Waals surface area contributed by atoms with E-state index in [1.165, 1.54) is 135 Å². The van der Waals surface area contributed by atoms with Crippen molar-refractivity contribution < 1.29 is 28.6 Å². The Labute approximate surface area is 469 Å². The molecule has 1 unspecified atom stereocenters. The van der Waals surface area contributed by atoms with Crippen LogP contribution in [-0.4, -0.2) is 37.2 Å². The van der Waals surface area contributed by atoms with Gasteiger partial charge in [-0.1, -0.05) is 290 Å². The Morgan fingerprint density at radius 3 is 0.855 bits per heavy atom. The average Bonchev–Trinajstić information content (AvgIpc) is 3.42. The van der Waals surface area contributed by atoms with E-state index in [2.05, 4.69) is 130 Å². The van der Waals surface area contributed by atoms with Crippen LogP contribution < -0.4 is 0 Å². The molecule has 432 valence electrons. The van der Waals surface area contributed by atoms with Gasteiger partial charge < -0.3 is 14.2 Å². The van der Waals surface area contributed by atoms with Crippen LogP contribution >= 0.6 is 0 Å². The van der Waals surface area contributed by atoms with Gasteiger partial charge in [-0.05, 0) is 96.3 Å². The first-order valence-electron chi connectivity index (χ1n) is 31.5. The molecule has 0 N–H and O–H groups in total. The van der Waals surface area contributed by atoms with Crippen LogP contribution in [0.3, 0.4) is 0 Å². The van der Waals surface area contributed by atoms with Crippen molar-refractivity contribution in [3.63, 3.8) is 0 Å². The molecule has 0 aliphatic heterocycles. The van der Waals surface area contributed by atoms with Gasteiger partial charge in [0.15, 0.2) is 6.10 Å². The molecule has 0 bridgehead atoms. The molecule has 0 aromatic carbocycles. The minimum absolute atomic E-state index is 0.122. The second-order valence-electron chi connectivity index (χ2n) is 20.6. The fraction of sp³-hybridized carbons (Fsp3) is 0.671. The SMILES string of the molecule is CC/C=C\C/C=C\C/C=C\C/C=C\C/C=C\C/C=C\CCC(=O)OC(COC(=O)CCCC/C=C\C/C=C\C/C=C\C/C=C\CC)COC(=O)CCCCCCCCCCCCCCCCCCCCCCCCCC. The van der Waals surface area contributed by atoms with Gasteiger partial charge in [0.1, 0.15) is 13.2 Å². The topological polar surface area (TPSA) is 78.9 Å². The van der Waals surface area contributed by atoms with E-state index in [4.69, 9.17) is 14.2 Å².